The summed E-state index contributed by atoms with van der Waals surface area (Å²) < 4.78 is 53.8. The fraction of sp³-hybridized carbons (Fsp3) is 0.455. The molecule has 0 saturated carbocycles. The number of hydrogen-bond acceptors (Lipinski definition) is 7. The SMILES string of the molecule is C[C@@]12CC[C@H](CN(c3nc(OC[C@@]45CCCN4C[C@H](F)C5)nc4c(F)c(-c5cc(O)c(Cl)c6cccc(Cl)c56)c(F)cc34)C1)N2. The van der Waals surface area contributed by atoms with Crippen molar-refractivity contribution in [3.8, 4) is 22.9 Å². The highest BCUT2D eigenvalue weighted by Gasteiger charge is 2.49. The zero-order chi connectivity index (χ0) is 31.2. The highest BCUT2D eigenvalue weighted by Crippen LogP contribution is 2.46. The molecule has 2 bridgehead atoms. The Morgan fingerprint density at radius 1 is 1.13 bits per heavy atom. The van der Waals surface area contributed by atoms with E-state index in [2.05, 4.69) is 27.0 Å². The maximum Gasteiger partial charge on any atom is 0.319 e. The highest BCUT2D eigenvalue weighted by molar-refractivity contribution is 6.41. The molecule has 0 amide bonds. The molecular formula is C33H32Cl2F3N5O2. The van der Waals surface area contributed by atoms with Gasteiger partial charge in [0, 0.05) is 64.4 Å². The quantitative estimate of drug-likeness (QED) is 0.239. The lowest BCUT2D eigenvalue weighted by molar-refractivity contribution is 0.107. The van der Waals surface area contributed by atoms with Crippen LogP contribution in [-0.4, -0.2) is 76.1 Å². The maximum absolute atomic E-state index is 16.8. The molecule has 236 valence electrons. The van der Waals surface area contributed by atoms with Crippen LogP contribution < -0.4 is 15.0 Å². The minimum atomic E-state index is -0.934. The lowest BCUT2D eigenvalue weighted by atomic mass is 9.95. The van der Waals surface area contributed by atoms with Gasteiger partial charge in [-0.2, -0.15) is 9.97 Å². The van der Waals surface area contributed by atoms with Crippen LogP contribution in [-0.2, 0) is 0 Å². The molecule has 3 aromatic carbocycles. The minimum absolute atomic E-state index is 0.0303. The Bertz CT molecular complexity index is 1880. The second-order valence-corrected chi connectivity index (χ2v) is 14.2. The number of ether oxygens (including phenoxy) is 1. The van der Waals surface area contributed by atoms with Crippen molar-refractivity contribution in [2.45, 2.75) is 62.3 Å². The Kier molecular flexibility index (Phi) is 6.84. The van der Waals surface area contributed by atoms with Crippen LogP contribution in [0.5, 0.6) is 11.8 Å². The summed E-state index contributed by atoms with van der Waals surface area (Å²) in [5.41, 5.74) is -1.09. The lowest BCUT2D eigenvalue weighted by Crippen LogP contribution is -2.58. The summed E-state index contributed by atoms with van der Waals surface area (Å²) in [6.45, 7) is 4.68. The van der Waals surface area contributed by atoms with Crippen molar-refractivity contribution in [1.82, 2.24) is 20.2 Å². The van der Waals surface area contributed by atoms with Crippen molar-refractivity contribution in [3.63, 3.8) is 0 Å². The van der Waals surface area contributed by atoms with Gasteiger partial charge in [-0.25, -0.2) is 13.2 Å². The third-order valence-corrected chi connectivity index (χ3v) is 11.0. The standard InChI is InChI=1S/C33H32Cl2F3N5O2/c1-32-8-6-18(41-32)14-42(15-32)30-21-10-23(37)26(20-11-24(44)27(35)19-4-2-5-22(34)25(19)20)28(38)29(21)39-31(40-30)45-16-33-7-3-9-43(33)13-17(36)12-33/h2,4-5,10-11,17-18,41,44H,3,6-9,12-16H2,1H3/t17-,18-,32-,33+/m1/s1. The molecule has 0 unspecified atom stereocenters. The average Bonchev–Trinajstić information content (AvgIpc) is 3.62. The van der Waals surface area contributed by atoms with Crippen LogP contribution >= 0.6 is 23.2 Å². The lowest BCUT2D eigenvalue weighted by Gasteiger charge is -2.40. The van der Waals surface area contributed by atoms with Gasteiger partial charge in [-0.15, -0.1) is 0 Å². The number of alkyl halides is 1. The van der Waals surface area contributed by atoms with Crippen molar-refractivity contribution < 1.29 is 23.0 Å². The molecule has 4 aromatic rings. The van der Waals surface area contributed by atoms with E-state index in [1.54, 1.807) is 18.2 Å². The number of halogens is 5. The maximum atomic E-state index is 16.8. The number of nitrogens with one attached hydrogen (secondary N) is 1. The van der Waals surface area contributed by atoms with Crippen LogP contribution in [0.1, 0.15) is 39.0 Å². The molecule has 4 fully saturated rings. The zero-order valence-electron chi connectivity index (χ0n) is 24.6. The predicted octanol–water partition coefficient (Wildman–Crippen LogP) is 7.03. The van der Waals surface area contributed by atoms with E-state index in [-0.39, 0.29) is 56.5 Å². The molecule has 12 heteroatoms. The number of benzene rings is 3. The summed E-state index contributed by atoms with van der Waals surface area (Å²) in [6, 6.07) is 7.51. The average molecular weight is 659 g/mol. The van der Waals surface area contributed by atoms with Gasteiger partial charge in [0.25, 0.3) is 0 Å². The summed E-state index contributed by atoms with van der Waals surface area (Å²) in [6.07, 6.45) is 3.14. The number of phenolic OH excluding ortho intramolecular Hbond substituents is 1. The summed E-state index contributed by atoms with van der Waals surface area (Å²) in [4.78, 5) is 13.5. The van der Waals surface area contributed by atoms with E-state index in [9.17, 15) is 9.50 Å². The molecule has 4 aliphatic heterocycles. The van der Waals surface area contributed by atoms with Crippen LogP contribution in [0.25, 0.3) is 32.8 Å². The highest BCUT2D eigenvalue weighted by atomic mass is 35.5. The van der Waals surface area contributed by atoms with Crippen LogP contribution in [0, 0.1) is 11.6 Å². The fourth-order valence-electron chi connectivity index (χ4n) is 8.25. The molecule has 2 N–H and O–H groups in total. The van der Waals surface area contributed by atoms with E-state index in [4.69, 9.17) is 32.9 Å². The molecule has 0 radical (unpaired) electrons. The van der Waals surface area contributed by atoms with Gasteiger partial charge in [0.15, 0.2) is 5.82 Å². The predicted molar refractivity (Wildman–Crippen MR) is 169 cm³/mol. The first-order valence-corrected chi connectivity index (χ1v) is 16.1. The Balaban J connectivity index is 1.30. The molecule has 4 atom stereocenters. The van der Waals surface area contributed by atoms with E-state index >= 15 is 8.78 Å². The van der Waals surface area contributed by atoms with Crippen molar-refractivity contribution in [3.05, 3.63) is 52.0 Å². The number of anilines is 1. The molecule has 8 rings (SSSR count). The molecule has 0 aliphatic carbocycles. The van der Waals surface area contributed by atoms with Crippen LogP contribution in [0.4, 0.5) is 19.0 Å². The minimum Gasteiger partial charge on any atom is -0.506 e. The third kappa shape index (κ3) is 4.70. The first-order valence-electron chi connectivity index (χ1n) is 15.4. The molecule has 0 spiro atoms. The molecule has 45 heavy (non-hydrogen) atoms. The second-order valence-electron chi connectivity index (χ2n) is 13.4. The van der Waals surface area contributed by atoms with Crippen molar-refractivity contribution in [1.29, 1.82) is 0 Å². The number of aromatic hydroxyl groups is 1. The molecule has 4 aliphatic rings. The van der Waals surface area contributed by atoms with Gasteiger partial charge in [0.1, 0.15) is 35.7 Å². The first-order chi connectivity index (χ1) is 21.5. The van der Waals surface area contributed by atoms with E-state index in [1.165, 1.54) is 12.1 Å². The van der Waals surface area contributed by atoms with Crippen LogP contribution in [0.2, 0.25) is 10.0 Å². The van der Waals surface area contributed by atoms with Gasteiger partial charge in [0.2, 0.25) is 0 Å². The number of piperazine rings is 1. The number of aromatic nitrogens is 2. The number of fused-ring (bicyclic) bond motifs is 5. The largest absolute Gasteiger partial charge is 0.506 e. The molecule has 5 heterocycles. The van der Waals surface area contributed by atoms with E-state index in [1.807, 2.05) is 0 Å². The van der Waals surface area contributed by atoms with Gasteiger partial charge in [-0.05, 0) is 57.4 Å². The Morgan fingerprint density at radius 2 is 1.98 bits per heavy atom. The van der Waals surface area contributed by atoms with Gasteiger partial charge < -0.3 is 20.1 Å². The van der Waals surface area contributed by atoms with Crippen molar-refractivity contribution >= 4 is 50.7 Å². The zero-order valence-corrected chi connectivity index (χ0v) is 26.2. The summed E-state index contributed by atoms with van der Waals surface area (Å²) in [5.74, 6) is -1.74. The van der Waals surface area contributed by atoms with Gasteiger partial charge in [0.05, 0.1) is 16.1 Å². The normalized spacial score (nSPS) is 28.0. The van der Waals surface area contributed by atoms with E-state index in [0.717, 1.165) is 32.2 Å². The van der Waals surface area contributed by atoms with Gasteiger partial charge >= 0.3 is 6.01 Å². The second kappa shape index (κ2) is 10.5. The summed E-state index contributed by atoms with van der Waals surface area (Å²) in [5, 5.41) is 15.4. The van der Waals surface area contributed by atoms with Crippen molar-refractivity contribution in [2.75, 3.05) is 37.7 Å². The Hall–Kier alpha value is -3.05. The Labute approximate surface area is 268 Å². The number of hydrogen-bond donors (Lipinski definition) is 2. The van der Waals surface area contributed by atoms with Crippen molar-refractivity contribution in [2.24, 2.45) is 0 Å². The summed E-state index contributed by atoms with van der Waals surface area (Å²) in [7, 11) is 0. The monoisotopic (exact) mass is 657 g/mol. The third-order valence-electron chi connectivity index (χ3n) is 10.2. The first kappa shape index (κ1) is 29.4. The van der Waals surface area contributed by atoms with E-state index in [0.29, 0.717) is 42.6 Å². The van der Waals surface area contributed by atoms with Crippen LogP contribution in [0.3, 0.4) is 0 Å². The van der Waals surface area contributed by atoms with Crippen LogP contribution in [0.15, 0.2) is 30.3 Å². The smallest absolute Gasteiger partial charge is 0.319 e. The van der Waals surface area contributed by atoms with Gasteiger partial charge in [-0.1, -0.05) is 35.3 Å². The fourth-order valence-corrected chi connectivity index (χ4v) is 8.74. The topological polar surface area (TPSA) is 73.8 Å². The van der Waals surface area contributed by atoms with Gasteiger partial charge in [-0.3, -0.25) is 4.90 Å². The molecule has 4 saturated heterocycles. The molecule has 1 aromatic heterocycles. The number of rotatable bonds is 5. The summed E-state index contributed by atoms with van der Waals surface area (Å²) >= 11 is 12.9. The molecule has 7 nitrogen and oxygen atoms in total. The number of phenols is 1. The number of nitrogens with zero attached hydrogens (tertiary/aromatic N) is 4. The molecular weight excluding hydrogens is 626 g/mol. The van der Waals surface area contributed by atoms with E-state index < -0.39 is 28.9 Å². The Morgan fingerprint density at radius 3 is 2.80 bits per heavy atom.